The molecule has 0 aliphatic heterocycles. The third kappa shape index (κ3) is 3.01. The summed E-state index contributed by atoms with van der Waals surface area (Å²) in [5, 5.41) is 3.41. The van der Waals surface area contributed by atoms with Crippen LogP contribution in [-0.4, -0.2) is 15.6 Å². The van der Waals surface area contributed by atoms with Crippen LogP contribution in [0.25, 0.3) is 0 Å². The van der Waals surface area contributed by atoms with Crippen LogP contribution in [0, 0.1) is 0 Å². The normalized spacial score (nSPS) is 11.3. The number of aromatic nitrogens is 2. The maximum Gasteiger partial charge on any atom is 0.127 e. The molecule has 0 saturated heterocycles. The van der Waals surface area contributed by atoms with Crippen molar-refractivity contribution >= 4 is 0 Å². The van der Waals surface area contributed by atoms with Crippen LogP contribution < -0.4 is 5.32 Å². The molecule has 2 aromatic heterocycles. The van der Waals surface area contributed by atoms with E-state index in [2.05, 4.69) is 35.6 Å². The first-order valence-corrected chi connectivity index (χ1v) is 6.49. The molecule has 0 fully saturated rings. The predicted molar refractivity (Wildman–Crippen MR) is 71.4 cm³/mol. The van der Waals surface area contributed by atoms with Gasteiger partial charge in [0, 0.05) is 37.0 Å². The van der Waals surface area contributed by atoms with E-state index in [0.717, 1.165) is 31.1 Å². The summed E-state index contributed by atoms with van der Waals surface area (Å²) in [6, 6.07) is 2.51. The Kier molecular flexibility index (Phi) is 4.20. The summed E-state index contributed by atoms with van der Waals surface area (Å²) in [6.07, 6.45) is 6.54. The minimum Gasteiger partial charge on any atom is -0.467 e. The first-order valence-electron chi connectivity index (χ1n) is 6.49. The van der Waals surface area contributed by atoms with Gasteiger partial charge >= 0.3 is 0 Å². The molecule has 2 rings (SSSR count). The van der Waals surface area contributed by atoms with Gasteiger partial charge in [0.15, 0.2) is 0 Å². The van der Waals surface area contributed by atoms with Crippen LogP contribution in [0.4, 0.5) is 0 Å². The van der Waals surface area contributed by atoms with E-state index in [1.807, 2.05) is 18.5 Å². The molecular weight excluding hydrogens is 226 g/mol. The van der Waals surface area contributed by atoms with Gasteiger partial charge < -0.3 is 14.3 Å². The fourth-order valence-corrected chi connectivity index (χ4v) is 1.93. The van der Waals surface area contributed by atoms with Gasteiger partial charge in [0.05, 0.1) is 12.8 Å². The summed E-state index contributed by atoms with van der Waals surface area (Å²) in [4.78, 5) is 4.32. The number of hydrogen-bond donors (Lipinski definition) is 1. The van der Waals surface area contributed by atoms with E-state index in [1.165, 1.54) is 5.56 Å². The summed E-state index contributed by atoms with van der Waals surface area (Å²) in [7, 11) is 0. The highest BCUT2D eigenvalue weighted by molar-refractivity contribution is 5.18. The maximum atomic E-state index is 5.58. The van der Waals surface area contributed by atoms with Crippen molar-refractivity contribution in [3.8, 4) is 0 Å². The average molecular weight is 247 g/mol. The van der Waals surface area contributed by atoms with Crippen LogP contribution in [0.15, 0.2) is 29.1 Å². The fourth-order valence-electron chi connectivity index (χ4n) is 1.93. The summed E-state index contributed by atoms with van der Waals surface area (Å²) >= 11 is 0. The molecule has 1 N–H and O–H groups in total. The summed E-state index contributed by atoms with van der Waals surface area (Å²) < 4.78 is 7.72. The molecule has 0 spiro atoms. The van der Waals surface area contributed by atoms with Gasteiger partial charge in [-0.15, -0.1) is 0 Å². The second kappa shape index (κ2) is 5.87. The molecule has 2 aromatic rings. The van der Waals surface area contributed by atoms with E-state index in [1.54, 1.807) is 6.26 Å². The number of imidazole rings is 1. The molecule has 0 aliphatic carbocycles. The molecule has 0 bridgehead atoms. The molecule has 4 heteroatoms. The fraction of sp³-hybridized carbons (Fsp3) is 0.500. The van der Waals surface area contributed by atoms with E-state index < -0.39 is 0 Å². The van der Waals surface area contributed by atoms with Crippen molar-refractivity contribution in [2.45, 2.75) is 46.3 Å². The molecular formula is C14H21N3O. The molecule has 0 radical (unpaired) electrons. The number of furan rings is 1. The number of nitrogens with one attached hydrogen (secondary N) is 1. The topological polar surface area (TPSA) is 43.0 Å². The zero-order valence-electron chi connectivity index (χ0n) is 11.3. The van der Waals surface area contributed by atoms with E-state index in [-0.39, 0.29) is 0 Å². The zero-order chi connectivity index (χ0) is 13.0. The highest BCUT2D eigenvalue weighted by atomic mass is 16.3. The minimum absolute atomic E-state index is 0.479. The van der Waals surface area contributed by atoms with E-state index in [9.17, 15) is 0 Å². The Balaban J connectivity index is 2.07. The molecule has 0 aliphatic rings. The second-order valence-electron chi connectivity index (χ2n) is 4.73. The lowest BCUT2D eigenvalue weighted by Crippen LogP contribution is -2.22. The van der Waals surface area contributed by atoms with Gasteiger partial charge in [-0.25, -0.2) is 4.98 Å². The Morgan fingerprint density at radius 2 is 2.28 bits per heavy atom. The lowest BCUT2D eigenvalue weighted by Gasteiger charge is -2.09. The standard InChI is InChI=1S/C14H21N3O/c1-4-14-15-6-7-17(14)10-13-12(5-8-18-13)9-16-11(2)3/h5-8,11,16H,4,9-10H2,1-3H3. The zero-order valence-corrected chi connectivity index (χ0v) is 11.3. The van der Waals surface area contributed by atoms with Crippen molar-refractivity contribution in [2.24, 2.45) is 0 Å². The Hall–Kier alpha value is -1.55. The van der Waals surface area contributed by atoms with Crippen LogP contribution >= 0.6 is 0 Å². The second-order valence-corrected chi connectivity index (χ2v) is 4.73. The number of nitrogens with zero attached hydrogens (tertiary/aromatic N) is 2. The van der Waals surface area contributed by atoms with Crippen LogP contribution in [0.1, 0.15) is 37.9 Å². The Morgan fingerprint density at radius 3 is 3.00 bits per heavy atom. The van der Waals surface area contributed by atoms with Crippen molar-refractivity contribution in [3.05, 3.63) is 41.9 Å². The van der Waals surface area contributed by atoms with Gasteiger partial charge in [0.2, 0.25) is 0 Å². The van der Waals surface area contributed by atoms with Crippen LogP contribution in [0.5, 0.6) is 0 Å². The number of aryl methyl sites for hydroxylation is 1. The predicted octanol–water partition coefficient (Wildman–Crippen LogP) is 2.58. The summed E-state index contributed by atoms with van der Waals surface area (Å²) in [5.74, 6) is 2.10. The molecule has 0 atom stereocenters. The van der Waals surface area contributed by atoms with Crippen molar-refractivity contribution in [1.29, 1.82) is 0 Å². The molecule has 18 heavy (non-hydrogen) atoms. The number of rotatable bonds is 6. The summed E-state index contributed by atoms with van der Waals surface area (Å²) in [5.41, 5.74) is 1.22. The largest absolute Gasteiger partial charge is 0.467 e. The monoisotopic (exact) mass is 247 g/mol. The van der Waals surface area contributed by atoms with Crippen LogP contribution in [0.3, 0.4) is 0 Å². The van der Waals surface area contributed by atoms with Crippen molar-refractivity contribution < 1.29 is 4.42 Å². The van der Waals surface area contributed by atoms with Gasteiger partial charge in [-0.2, -0.15) is 0 Å². The van der Waals surface area contributed by atoms with E-state index in [0.29, 0.717) is 6.04 Å². The van der Waals surface area contributed by atoms with E-state index in [4.69, 9.17) is 4.42 Å². The van der Waals surface area contributed by atoms with Crippen LogP contribution in [-0.2, 0) is 19.5 Å². The first-order chi connectivity index (χ1) is 8.70. The van der Waals surface area contributed by atoms with Crippen molar-refractivity contribution in [1.82, 2.24) is 14.9 Å². The van der Waals surface area contributed by atoms with Gasteiger partial charge in [0.25, 0.3) is 0 Å². The third-order valence-corrected chi connectivity index (χ3v) is 2.97. The molecule has 0 unspecified atom stereocenters. The summed E-state index contributed by atoms with van der Waals surface area (Å²) in [6.45, 7) is 8.00. The SMILES string of the molecule is CCc1nccn1Cc1occc1CNC(C)C. The minimum atomic E-state index is 0.479. The van der Waals surface area contributed by atoms with Gasteiger partial charge in [-0.3, -0.25) is 0 Å². The lowest BCUT2D eigenvalue weighted by atomic mass is 10.2. The van der Waals surface area contributed by atoms with Gasteiger partial charge in [0.1, 0.15) is 11.6 Å². The Morgan fingerprint density at radius 1 is 1.44 bits per heavy atom. The van der Waals surface area contributed by atoms with Crippen molar-refractivity contribution in [3.63, 3.8) is 0 Å². The highest BCUT2D eigenvalue weighted by Gasteiger charge is 2.09. The molecule has 0 aromatic carbocycles. The smallest absolute Gasteiger partial charge is 0.127 e. The van der Waals surface area contributed by atoms with E-state index >= 15 is 0 Å². The van der Waals surface area contributed by atoms with Crippen LogP contribution in [0.2, 0.25) is 0 Å². The van der Waals surface area contributed by atoms with Gasteiger partial charge in [-0.1, -0.05) is 20.8 Å². The molecule has 2 heterocycles. The molecule has 4 nitrogen and oxygen atoms in total. The average Bonchev–Trinajstić information content (AvgIpc) is 2.96. The molecule has 0 amide bonds. The lowest BCUT2D eigenvalue weighted by molar-refractivity contribution is 0.478. The van der Waals surface area contributed by atoms with Gasteiger partial charge in [-0.05, 0) is 6.07 Å². The maximum absolute atomic E-state index is 5.58. The quantitative estimate of drug-likeness (QED) is 0.853. The van der Waals surface area contributed by atoms with Crippen molar-refractivity contribution in [2.75, 3.05) is 0 Å². The molecule has 0 saturated carbocycles. The Labute approximate surface area is 108 Å². The number of hydrogen-bond acceptors (Lipinski definition) is 3. The first kappa shape index (κ1) is 12.9. The third-order valence-electron chi connectivity index (χ3n) is 2.97. The highest BCUT2D eigenvalue weighted by Crippen LogP contribution is 2.13. The molecule has 98 valence electrons. The Bertz CT molecular complexity index is 485.